The zero-order valence-electron chi connectivity index (χ0n) is 8.86. The van der Waals surface area contributed by atoms with Gasteiger partial charge in [-0.25, -0.2) is 0 Å². The highest BCUT2D eigenvalue weighted by molar-refractivity contribution is 7.09. The first kappa shape index (κ1) is 10.5. The lowest BCUT2D eigenvalue weighted by Gasteiger charge is -2.11. The van der Waals surface area contributed by atoms with E-state index in [2.05, 4.69) is 40.8 Å². The summed E-state index contributed by atoms with van der Waals surface area (Å²) in [4.78, 5) is 4.51. The van der Waals surface area contributed by atoms with Gasteiger partial charge in [0.15, 0.2) is 0 Å². The molecule has 15 heavy (non-hydrogen) atoms. The van der Waals surface area contributed by atoms with E-state index in [4.69, 9.17) is 0 Å². The zero-order valence-corrected chi connectivity index (χ0v) is 9.68. The Hall–Kier alpha value is -1.06. The maximum Gasteiger partial charge on any atom is 0.0223 e. The van der Waals surface area contributed by atoms with Crippen LogP contribution in [-0.4, -0.2) is 11.0 Å². The fraction of sp³-hybridized carbons (Fsp3) is 0.333. The summed E-state index contributed by atoms with van der Waals surface area (Å²) in [7, 11) is 0. The lowest BCUT2D eigenvalue weighted by atomic mass is 10.2. The van der Waals surface area contributed by atoms with Crippen LogP contribution in [-0.2, 0) is 13.0 Å². The second kappa shape index (κ2) is 5.14. The third-order valence-corrected chi connectivity index (χ3v) is 3.30. The number of nitrogens with one attached hydrogen (secondary N) is 2. The molecule has 2 aromatic heterocycles. The Morgan fingerprint density at radius 3 is 3.07 bits per heavy atom. The molecule has 0 spiro atoms. The molecule has 2 nitrogen and oxygen atoms in total. The highest BCUT2D eigenvalue weighted by Crippen LogP contribution is 2.11. The molecule has 0 aliphatic carbocycles. The second-order valence-corrected chi connectivity index (χ2v) is 4.82. The van der Waals surface area contributed by atoms with E-state index in [0.717, 1.165) is 13.0 Å². The molecule has 3 heteroatoms. The number of hydrogen-bond acceptors (Lipinski definition) is 2. The van der Waals surface area contributed by atoms with Crippen molar-refractivity contribution < 1.29 is 0 Å². The molecule has 0 aromatic carbocycles. The van der Waals surface area contributed by atoms with E-state index in [0.29, 0.717) is 6.04 Å². The highest BCUT2D eigenvalue weighted by Gasteiger charge is 2.03. The molecule has 1 atom stereocenters. The molecule has 1 unspecified atom stereocenters. The second-order valence-electron chi connectivity index (χ2n) is 3.78. The van der Waals surface area contributed by atoms with Crippen LogP contribution in [0.4, 0.5) is 0 Å². The zero-order chi connectivity index (χ0) is 10.5. The van der Waals surface area contributed by atoms with Crippen molar-refractivity contribution in [2.75, 3.05) is 0 Å². The quantitative estimate of drug-likeness (QED) is 0.796. The molecule has 0 saturated carbocycles. The molecule has 0 amide bonds. The van der Waals surface area contributed by atoms with Crippen molar-refractivity contribution in [2.24, 2.45) is 0 Å². The topological polar surface area (TPSA) is 27.8 Å². The predicted octanol–water partition coefficient (Wildman–Crippen LogP) is 2.80. The number of rotatable bonds is 5. The Bertz CT molecular complexity index is 364. The summed E-state index contributed by atoms with van der Waals surface area (Å²) < 4.78 is 0. The minimum absolute atomic E-state index is 0.526. The molecule has 0 aliphatic rings. The van der Waals surface area contributed by atoms with Crippen LogP contribution in [0.2, 0.25) is 0 Å². The molecule has 80 valence electrons. The summed E-state index contributed by atoms with van der Waals surface area (Å²) in [5.74, 6) is 0. The van der Waals surface area contributed by atoms with Gasteiger partial charge in [0, 0.05) is 29.9 Å². The van der Waals surface area contributed by atoms with E-state index in [1.54, 1.807) is 0 Å². The van der Waals surface area contributed by atoms with E-state index in [1.165, 1.54) is 10.4 Å². The van der Waals surface area contributed by atoms with Crippen molar-refractivity contribution in [3.05, 3.63) is 46.4 Å². The van der Waals surface area contributed by atoms with E-state index in [9.17, 15) is 0 Å². The van der Waals surface area contributed by atoms with Gasteiger partial charge in [-0.2, -0.15) is 0 Å². The monoisotopic (exact) mass is 220 g/mol. The maximum atomic E-state index is 3.51. The molecular weight excluding hydrogens is 204 g/mol. The fourth-order valence-electron chi connectivity index (χ4n) is 1.56. The average Bonchev–Trinajstić information content (AvgIpc) is 2.86. The van der Waals surface area contributed by atoms with Gasteiger partial charge in [0.2, 0.25) is 0 Å². The SMILES string of the molecule is CC(Cc1cccs1)NCc1cc[nH]c1. The van der Waals surface area contributed by atoms with Crippen LogP contribution < -0.4 is 5.32 Å². The number of aromatic amines is 1. The van der Waals surface area contributed by atoms with Crippen molar-refractivity contribution in [2.45, 2.75) is 25.9 Å². The molecule has 0 saturated heterocycles. The first-order chi connectivity index (χ1) is 7.34. The van der Waals surface area contributed by atoms with E-state index in [-0.39, 0.29) is 0 Å². The number of H-pyrrole nitrogens is 1. The van der Waals surface area contributed by atoms with Crippen LogP contribution in [0.15, 0.2) is 36.0 Å². The van der Waals surface area contributed by atoms with Crippen LogP contribution in [0.1, 0.15) is 17.4 Å². The molecule has 2 rings (SSSR count). The van der Waals surface area contributed by atoms with Gasteiger partial charge < -0.3 is 10.3 Å². The van der Waals surface area contributed by atoms with Gasteiger partial charge in [-0.05, 0) is 36.4 Å². The summed E-state index contributed by atoms with van der Waals surface area (Å²) in [6, 6.07) is 6.93. The Labute approximate surface area is 94.3 Å². The van der Waals surface area contributed by atoms with Gasteiger partial charge in [-0.15, -0.1) is 11.3 Å². The maximum absolute atomic E-state index is 3.51. The van der Waals surface area contributed by atoms with Crippen LogP contribution in [0.3, 0.4) is 0 Å². The molecule has 0 radical (unpaired) electrons. The Morgan fingerprint density at radius 1 is 1.47 bits per heavy atom. The molecular formula is C12H16N2S. The number of aromatic nitrogens is 1. The molecule has 0 bridgehead atoms. The van der Waals surface area contributed by atoms with Gasteiger partial charge in [0.1, 0.15) is 0 Å². The third kappa shape index (κ3) is 3.22. The molecule has 2 N–H and O–H groups in total. The highest BCUT2D eigenvalue weighted by atomic mass is 32.1. The standard InChI is InChI=1S/C12H16N2S/c1-10(7-12-3-2-6-15-12)14-9-11-4-5-13-8-11/h2-6,8,10,13-14H,7,9H2,1H3. The van der Waals surface area contributed by atoms with Gasteiger partial charge in [-0.3, -0.25) is 0 Å². The predicted molar refractivity (Wildman–Crippen MR) is 65.1 cm³/mol. The van der Waals surface area contributed by atoms with E-state index < -0.39 is 0 Å². The Balaban J connectivity index is 1.76. The smallest absolute Gasteiger partial charge is 0.0223 e. The largest absolute Gasteiger partial charge is 0.367 e. The van der Waals surface area contributed by atoms with Gasteiger partial charge in [-0.1, -0.05) is 6.07 Å². The lowest BCUT2D eigenvalue weighted by molar-refractivity contribution is 0.549. The van der Waals surface area contributed by atoms with Gasteiger partial charge in [0.05, 0.1) is 0 Å². The Morgan fingerprint density at radius 2 is 2.40 bits per heavy atom. The van der Waals surface area contributed by atoms with Crippen molar-refractivity contribution in [1.82, 2.24) is 10.3 Å². The molecule has 0 fully saturated rings. The molecule has 0 aliphatic heterocycles. The number of hydrogen-bond donors (Lipinski definition) is 2. The fourth-order valence-corrected chi connectivity index (χ4v) is 2.40. The molecule has 2 heterocycles. The normalized spacial score (nSPS) is 12.9. The van der Waals surface area contributed by atoms with Crippen LogP contribution in [0.25, 0.3) is 0 Å². The number of thiophene rings is 1. The van der Waals surface area contributed by atoms with Crippen LogP contribution in [0.5, 0.6) is 0 Å². The van der Waals surface area contributed by atoms with Crippen LogP contribution >= 0.6 is 11.3 Å². The van der Waals surface area contributed by atoms with Crippen molar-refractivity contribution in [1.29, 1.82) is 0 Å². The van der Waals surface area contributed by atoms with Crippen molar-refractivity contribution >= 4 is 11.3 Å². The van der Waals surface area contributed by atoms with E-state index in [1.807, 2.05) is 23.7 Å². The average molecular weight is 220 g/mol. The molecule has 2 aromatic rings. The third-order valence-electron chi connectivity index (χ3n) is 2.40. The summed E-state index contributed by atoms with van der Waals surface area (Å²) in [6.45, 7) is 3.17. The van der Waals surface area contributed by atoms with Gasteiger partial charge in [0.25, 0.3) is 0 Å². The van der Waals surface area contributed by atoms with E-state index >= 15 is 0 Å². The Kier molecular flexibility index (Phi) is 3.59. The summed E-state index contributed by atoms with van der Waals surface area (Å²) in [6.07, 6.45) is 5.11. The summed E-state index contributed by atoms with van der Waals surface area (Å²) in [5, 5.41) is 5.64. The van der Waals surface area contributed by atoms with Crippen molar-refractivity contribution in [3.63, 3.8) is 0 Å². The van der Waals surface area contributed by atoms with Gasteiger partial charge >= 0.3 is 0 Å². The minimum atomic E-state index is 0.526. The first-order valence-electron chi connectivity index (χ1n) is 5.22. The summed E-state index contributed by atoms with van der Waals surface area (Å²) in [5.41, 5.74) is 1.31. The minimum Gasteiger partial charge on any atom is -0.367 e. The lowest BCUT2D eigenvalue weighted by Crippen LogP contribution is -2.27. The first-order valence-corrected chi connectivity index (χ1v) is 6.10. The van der Waals surface area contributed by atoms with Crippen LogP contribution in [0, 0.1) is 0 Å². The summed E-state index contributed by atoms with van der Waals surface area (Å²) >= 11 is 1.83. The van der Waals surface area contributed by atoms with Crippen molar-refractivity contribution in [3.8, 4) is 0 Å².